The first-order valence-electron chi connectivity index (χ1n) is 10.5. The number of aromatic nitrogens is 2. The molecule has 2 aliphatic heterocycles. The van der Waals surface area contributed by atoms with Crippen LogP contribution in [0.5, 0.6) is 5.75 Å². The predicted octanol–water partition coefficient (Wildman–Crippen LogP) is 3.82. The number of esters is 1. The van der Waals surface area contributed by atoms with Crippen LogP contribution in [-0.4, -0.2) is 41.5 Å². The number of nitrogens with zero attached hydrogens (tertiary/aromatic N) is 3. The topological polar surface area (TPSA) is 118 Å². The van der Waals surface area contributed by atoms with E-state index in [1.807, 2.05) is 18.2 Å². The van der Waals surface area contributed by atoms with Gasteiger partial charge in [0, 0.05) is 47.7 Å². The zero-order valence-electron chi connectivity index (χ0n) is 18.1. The fourth-order valence-electron chi connectivity index (χ4n) is 4.62. The van der Waals surface area contributed by atoms with Crippen LogP contribution in [0.1, 0.15) is 40.2 Å². The molecule has 1 N–H and O–H groups in total. The summed E-state index contributed by atoms with van der Waals surface area (Å²) in [6.45, 7) is 0.605. The van der Waals surface area contributed by atoms with Crippen LogP contribution in [0.25, 0.3) is 5.69 Å². The number of nitro groups is 1. The van der Waals surface area contributed by atoms with E-state index in [2.05, 4.69) is 10.4 Å². The van der Waals surface area contributed by atoms with Crippen LogP contribution in [0.4, 0.5) is 11.4 Å². The molecule has 10 nitrogen and oxygen atoms in total. The van der Waals surface area contributed by atoms with Crippen LogP contribution in [0.2, 0.25) is 0 Å². The molecule has 1 fully saturated rings. The van der Waals surface area contributed by atoms with Crippen molar-refractivity contribution in [3.63, 3.8) is 0 Å². The van der Waals surface area contributed by atoms with Gasteiger partial charge < -0.3 is 19.5 Å². The summed E-state index contributed by atoms with van der Waals surface area (Å²) in [6, 6.07) is 11.5. The largest absolute Gasteiger partial charge is 0.497 e. The lowest BCUT2D eigenvalue weighted by atomic mass is 9.81. The van der Waals surface area contributed by atoms with Crippen molar-refractivity contribution in [2.45, 2.75) is 18.6 Å². The molecule has 1 saturated heterocycles. The summed E-state index contributed by atoms with van der Waals surface area (Å²) in [7, 11) is 2.94. The number of nitrogens with one attached hydrogen (secondary N) is 1. The third kappa shape index (κ3) is 3.58. The van der Waals surface area contributed by atoms with Crippen LogP contribution in [-0.2, 0) is 9.47 Å². The number of rotatable bonds is 5. The number of hydrogen-bond donors (Lipinski definition) is 1. The molecule has 0 aliphatic carbocycles. The molecule has 0 bridgehead atoms. The third-order valence-electron chi connectivity index (χ3n) is 6.22. The summed E-state index contributed by atoms with van der Waals surface area (Å²) in [5, 5.41) is 19.0. The first-order valence-corrected chi connectivity index (χ1v) is 10.5. The maximum Gasteiger partial charge on any atom is 0.358 e. The average Bonchev–Trinajstić information content (AvgIpc) is 3.51. The molecule has 5 rings (SSSR count). The minimum absolute atomic E-state index is 0.0220. The summed E-state index contributed by atoms with van der Waals surface area (Å²) in [4.78, 5) is 23.1. The van der Waals surface area contributed by atoms with Crippen LogP contribution >= 0.6 is 0 Å². The van der Waals surface area contributed by atoms with E-state index in [0.29, 0.717) is 17.9 Å². The molecule has 10 heteroatoms. The Morgan fingerprint density at radius 3 is 2.70 bits per heavy atom. The Labute approximate surface area is 189 Å². The Morgan fingerprint density at radius 1 is 1.21 bits per heavy atom. The highest BCUT2D eigenvalue weighted by atomic mass is 16.6. The van der Waals surface area contributed by atoms with Crippen LogP contribution in [0, 0.1) is 16.0 Å². The quantitative estimate of drug-likeness (QED) is 0.354. The van der Waals surface area contributed by atoms with Crippen molar-refractivity contribution in [3.8, 4) is 11.4 Å². The maximum absolute atomic E-state index is 12.6. The van der Waals surface area contributed by atoms with E-state index >= 15 is 0 Å². The van der Waals surface area contributed by atoms with Crippen LogP contribution in [0.15, 0.2) is 48.7 Å². The number of carbonyl (C=O) groups excluding carboxylic acids is 1. The zero-order valence-corrected chi connectivity index (χ0v) is 18.1. The molecule has 2 aromatic carbocycles. The summed E-state index contributed by atoms with van der Waals surface area (Å²) in [6.07, 6.45) is 2.44. The number of carbonyl (C=O) groups is 1. The standard InChI is InChI=1S/C23H22N4O6/c1-31-15-7-8-19-17(11-15)22-16(9-10-33-22)20(24-19)18-12-26(25-21(18)23(28)32-2)13-3-5-14(6-4-13)27(29)30/h3-8,11-12,16,20,22,24H,9-10H2,1-2H3/t16-,20+,22-/m0/s1. The Morgan fingerprint density at radius 2 is 2.00 bits per heavy atom. The molecule has 0 saturated carbocycles. The van der Waals surface area contributed by atoms with Crippen molar-refractivity contribution in [1.29, 1.82) is 0 Å². The Kier molecular flexibility index (Phi) is 5.21. The van der Waals surface area contributed by atoms with Crippen molar-refractivity contribution in [2.75, 3.05) is 26.1 Å². The minimum Gasteiger partial charge on any atom is -0.497 e. The van der Waals surface area contributed by atoms with Crippen molar-refractivity contribution in [2.24, 2.45) is 5.92 Å². The number of benzene rings is 2. The van der Waals surface area contributed by atoms with E-state index in [4.69, 9.17) is 14.2 Å². The lowest BCUT2D eigenvalue weighted by Gasteiger charge is -2.36. The average molecular weight is 450 g/mol. The molecule has 0 radical (unpaired) electrons. The van der Waals surface area contributed by atoms with E-state index in [9.17, 15) is 14.9 Å². The number of fused-ring (bicyclic) bond motifs is 3. The highest BCUT2D eigenvalue weighted by Crippen LogP contribution is 2.51. The van der Waals surface area contributed by atoms with Gasteiger partial charge in [-0.05, 0) is 36.8 Å². The Balaban J connectivity index is 1.57. The van der Waals surface area contributed by atoms with Crippen molar-refractivity contribution in [1.82, 2.24) is 9.78 Å². The molecule has 33 heavy (non-hydrogen) atoms. The first-order chi connectivity index (χ1) is 16.0. The van der Waals surface area contributed by atoms with Gasteiger partial charge in [-0.25, -0.2) is 9.48 Å². The van der Waals surface area contributed by atoms with Gasteiger partial charge in [-0.3, -0.25) is 10.1 Å². The van der Waals surface area contributed by atoms with E-state index in [-0.39, 0.29) is 29.4 Å². The lowest BCUT2D eigenvalue weighted by Crippen LogP contribution is -2.30. The first kappa shape index (κ1) is 21.0. The van der Waals surface area contributed by atoms with Gasteiger partial charge in [-0.1, -0.05) is 0 Å². The Hall–Kier alpha value is -3.92. The summed E-state index contributed by atoms with van der Waals surface area (Å²) < 4.78 is 18.0. The van der Waals surface area contributed by atoms with Gasteiger partial charge in [-0.15, -0.1) is 0 Å². The lowest BCUT2D eigenvalue weighted by molar-refractivity contribution is -0.384. The second-order valence-electron chi connectivity index (χ2n) is 7.96. The predicted molar refractivity (Wildman–Crippen MR) is 118 cm³/mol. The number of ether oxygens (including phenoxy) is 3. The van der Waals surface area contributed by atoms with Gasteiger partial charge in [0.1, 0.15) is 5.75 Å². The SMILES string of the molecule is COC(=O)c1nn(-c2ccc([N+](=O)[O-])cc2)cc1[C@@H]1Nc2ccc(OC)cc2[C@H]2OCC[C@H]21. The fourth-order valence-corrected chi connectivity index (χ4v) is 4.62. The third-order valence-corrected chi connectivity index (χ3v) is 6.22. The molecule has 1 aromatic heterocycles. The monoisotopic (exact) mass is 450 g/mol. The molecule has 0 unspecified atom stereocenters. The van der Waals surface area contributed by atoms with Crippen molar-refractivity contribution < 1.29 is 23.9 Å². The fraction of sp³-hybridized carbons (Fsp3) is 0.304. The summed E-state index contributed by atoms with van der Waals surface area (Å²) in [5.41, 5.74) is 3.37. The molecular formula is C23H22N4O6. The van der Waals surface area contributed by atoms with Crippen LogP contribution in [0.3, 0.4) is 0 Å². The summed E-state index contributed by atoms with van der Waals surface area (Å²) in [5.74, 6) is 0.274. The number of nitro benzene ring substituents is 1. The van der Waals surface area contributed by atoms with Gasteiger partial charge in [0.15, 0.2) is 5.69 Å². The molecule has 3 heterocycles. The van der Waals surface area contributed by atoms with Gasteiger partial charge in [0.2, 0.25) is 0 Å². The van der Waals surface area contributed by atoms with E-state index in [1.165, 1.54) is 19.2 Å². The van der Waals surface area contributed by atoms with Crippen LogP contribution < -0.4 is 10.1 Å². The second kappa shape index (κ2) is 8.21. The molecule has 2 aliphatic rings. The molecule has 0 spiro atoms. The van der Waals surface area contributed by atoms with Gasteiger partial charge in [0.05, 0.1) is 37.0 Å². The number of non-ortho nitro benzene ring substituents is 1. The van der Waals surface area contributed by atoms with Gasteiger partial charge >= 0.3 is 5.97 Å². The van der Waals surface area contributed by atoms with E-state index in [0.717, 1.165) is 23.4 Å². The molecular weight excluding hydrogens is 428 g/mol. The zero-order chi connectivity index (χ0) is 23.1. The van der Waals surface area contributed by atoms with Gasteiger partial charge in [0.25, 0.3) is 5.69 Å². The number of anilines is 1. The maximum atomic E-state index is 12.6. The minimum atomic E-state index is -0.552. The smallest absolute Gasteiger partial charge is 0.358 e. The van der Waals surface area contributed by atoms with E-state index in [1.54, 1.807) is 30.1 Å². The highest BCUT2D eigenvalue weighted by molar-refractivity contribution is 5.89. The van der Waals surface area contributed by atoms with E-state index < -0.39 is 10.9 Å². The molecule has 0 amide bonds. The molecule has 170 valence electrons. The van der Waals surface area contributed by atoms with Gasteiger partial charge in [-0.2, -0.15) is 5.10 Å². The Bertz CT molecular complexity index is 1220. The van der Waals surface area contributed by atoms with Crippen molar-refractivity contribution in [3.05, 3.63) is 75.6 Å². The summed E-state index contributed by atoms with van der Waals surface area (Å²) >= 11 is 0. The second-order valence-corrected chi connectivity index (χ2v) is 7.96. The number of hydrogen-bond acceptors (Lipinski definition) is 8. The number of methoxy groups -OCH3 is 2. The normalized spacial score (nSPS) is 21.0. The van der Waals surface area contributed by atoms with Crippen molar-refractivity contribution >= 4 is 17.3 Å². The molecule has 3 aromatic rings. The molecule has 3 atom stereocenters. The highest BCUT2D eigenvalue weighted by Gasteiger charge is 2.43.